The van der Waals surface area contributed by atoms with Gasteiger partial charge in [-0.3, -0.25) is 18.6 Å². The Hall–Kier alpha value is -3.39. The van der Waals surface area contributed by atoms with Crippen LogP contribution in [0.3, 0.4) is 0 Å². The molecule has 1 amide bonds. The molecule has 1 unspecified atom stereocenters. The number of rotatable bonds is 7. The van der Waals surface area contributed by atoms with Crippen molar-refractivity contribution in [1.29, 1.82) is 0 Å². The van der Waals surface area contributed by atoms with Crippen LogP contribution < -0.4 is 10.9 Å². The monoisotopic (exact) mass is 419 g/mol. The summed E-state index contributed by atoms with van der Waals surface area (Å²) in [6, 6.07) is 17.0. The van der Waals surface area contributed by atoms with Gasteiger partial charge in [0.2, 0.25) is 11.7 Å². The van der Waals surface area contributed by atoms with Crippen LogP contribution in [-0.4, -0.2) is 30.8 Å². The van der Waals surface area contributed by atoms with Crippen LogP contribution in [-0.2, 0) is 11.3 Å². The Kier molecular flexibility index (Phi) is 5.67. The van der Waals surface area contributed by atoms with Crippen molar-refractivity contribution in [3.8, 4) is 0 Å². The Morgan fingerprint density at radius 2 is 1.90 bits per heavy atom. The van der Waals surface area contributed by atoms with Gasteiger partial charge in [0.1, 0.15) is 0 Å². The minimum Gasteiger partial charge on any atom is -0.349 e. The first-order valence-electron chi connectivity index (χ1n) is 9.55. The van der Waals surface area contributed by atoms with Crippen molar-refractivity contribution in [2.45, 2.75) is 24.7 Å². The van der Waals surface area contributed by atoms with Crippen LogP contribution in [0.5, 0.6) is 0 Å². The number of thioether (sulfide) groups is 1. The highest BCUT2D eigenvalue weighted by Gasteiger charge is 2.17. The van der Waals surface area contributed by atoms with Crippen molar-refractivity contribution >= 4 is 34.3 Å². The predicted octanol–water partition coefficient (Wildman–Crippen LogP) is 3.20. The van der Waals surface area contributed by atoms with E-state index < -0.39 is 0 Å². The molecule has 30 heavy (non-hydrogen) atoms. The van der Waals surface area contributed by atoms with E-state index >= 15 is 0 Å². The van der Waals surface area contributed by atoms with Gasteiger partial charge in [0, 0.05) is 6.54 Å². The lowest BCUT2D eigenvalue weighted by molar-refractivity contribution is -0.119. The quantitative estimate of drug-likeness (QED) is 0.368. The smallest absolute Gasteiger partial charge is 0.263 e. The van der Waals surface area contributed by atoms with Crippen LogP contribution in [0, 0.1) is 0 Å². The van der Waals surface area contributed by atoms with Crippen molar-refractivity contribution in [3.63, 3.8) is 0 Å². The van der Waals surface area contributed by atoms with Crippen molar-refractivity contribution in [2.24, 2.45) is 0 Å². The molecule has 0 aliphatic rings. The van der Waals surface area contributed by atoms with Gasteiger partial charge in [-0.1, -0.05) is 60.3 Å². The molecule has 0 saturated heterocycles. The number of nitrogens with zero attached hydrogens (tertiary/aromatic N) is 4. The summed E-state index contributed by atoms with van der Waals surface area (Å²) in [5, 5.41) is 12.6. The van der Waals surface area contributed by atoms with Gasteiger partial charge < -0.3 is 5.32 Å². The molecule has 2 heterocycles. The molecule has 1 atom stereocenters. The minimum absolute atomic E-state index is 0.0898. The minimum atomic E-state index is -0.142. The predicted molar refractivity (Wildman–Crippen MR) is 119 cm³/mol. The summed E-state index contributed by atoms with van der Waals surface area (Å²) in [5.41, 5.74) is 1.61. The first-order valence-corrected chi connectivity index (χ1v) is 10.5. The highest BCUT2D eigenvalue weighted by Crippen LogP contribution is 2.22. The number of aromatic nitrogens is 4. The molecule has 2 aromatic heterocycles. The lowest BCUT2D eigenvalue weighted by Crippen LogP contribution is -2.28. The molecule has 4 aromatic rings. The highest BCUT2D eigenvalue weighted by molar-refractivity contribution is 7.99. The third-order valence-corrected chi connectivity index (χ3v) is 5.73. The van der Waals surface area contributed by atoms with Gasteiger partial charge in [-0.25, -0.2) is 0 Å². The summed E-state index contributed by atoms with van der Waals surface area (Å²) in [5.74, 6) is 0.517. The van der Waals surface area contributed by atoms with Crippen LogP contribution in [0.1, 0.15) is 18.5 Å². The SMILES string of the molecule is C=CCn1c(=O)c2ccccc2n2c(SCC(=O)NC(C)c3ccccc3)nnc12. The molecule has 0 saturated carbocycles. The molecule has 152 valence electrons. The van der Waals surface area contributed by atoms with Crippen LogP contribution in [0.4, 0.5) is 0 Å². The highest BCUT2D eigenvalue weighted by atomic mass is 32.2. The zero-order valence-electron chi connectivity index (χ0n) is 16.5. The standard InChI is InChI=1S/C22H21N5O2S/c1-3-13-26-20(29)17-11-7-8-12-18(17)27-21(26)24-25-22(27)30-14-19(28)23-15(2)16-9-5-4-6-10-16/h3-12,15H,1,13-14H2,2H3,(H,23,28). The summed E-state index contributed by atoms with van der Waals surface area (Å²) >= 11 is 1.29. The second-order valence-corrected chi connectivity index (χ2v) is 7.77. The fraction of sp³-hybridized carbons (Fsp3) is 0.182. The zero-order chi connectivity index (χ0) is 21.1. The summed E-state index contributed by atoms with van der Waals surface area (Å²) in [7, 11) is 0. The van der Waals surface area contributed by atoms with E-state index in [1.807, 2.05) is 59.9 Å². The number of fused-ring (bicyclic) bond motifs is 3. The lowest BCUT2D eigenvalue weighted by atomic mass is 10.1. The van der Waals surface area contributed by atoms with E-state index in [2.05, 4.69) is 22.1 Å². The second kappa shape index (κ2) is 8.54. The molecule has 1 N–H and O–H groups in total. The van der Waals surface area contributed by atoms with Crippen LogP contribution in [0.25, 0.3) is 16.7 Å². The molecule has 0 aliphatic heterocycles. The molecule has 8 heteroatoms. The molecular formula is C22H21N5O2S. The number of nitrogens with one attached hydrogen (secondary N) is 1. The molecule has 0 bridgehead atoms. The molecular weight excluding hydrogens is 398 g/mol. The molecule has 0 radical (unpaired) electrons. The third kappa shape index (κ3) is 3.73. The van der Waals surface area contributed by atoms with Crippen molar-refractivity contribution < 1.29 is 4.79 Å². The second-order valence-electron chi connectivity index (χ2n) is 6.83. The van der Waals surface area contributed by atoms with Gasteiger partial charge in [0.25, 0.3) is 5.56 Å². The van der Waals surface area contributed by atoms with E-state index in [0.717, 1.165) is 5.56 Å². The van der Waals surface area contributed by atoms with Crippen molar-refractivity contribution in [1.82, 2.24) is 24.5 Å². The normalized spacial score (nSPS) is 12.2. The summed E-state index contributed by atoms with van der Waals surface area (Å²) in [6.45, 7) is 6.00. The van der Waals surface area contributed by atoms with E-state index in [0.29, 0.717) is 28.4 Å². The van der Waals surface area contributed by atoms with E-state index in [9.17, 15) is 9.59 Å². The topological polar surface area (TPSA) is 81.3 Å². The average molecular weight is 420 g/mol. The maximum atomic E-state index is 12.8. The molecule has 7 nitrogen and oxygen atoms in total. The Bertz CT molecular complexity index is 1280. The van der Waals surface area contributed by atoms with E-state index in [-0.39, 0.29) is 23.3 Å². The molecule has 0 fully saturated rings. The summed E-state index contributed by atoms with van der Waals surface area (Å²) in [4.78, 5) is 25.3. The van der Waals surface area contributed by atoms with E-state index in [1.54, 1.807) is 12.1 Å². The van der Waals surface area contributed by atoms with Crippen LogP contribution in [0.2, 0.25) is 0 Å². The molecule has 2 aromatic carbocycles. The third-order valence-electron chi connectivity index (χ3n) is 4.80. The lowest BCUT2D eigenvalue weighted by Gasteiger charge is -2.14. The van der Waals surface area contributed by atoms with Gasteiger partial charge in [-0.2, -0.15) is 0 Å². The van der Waals surface area contributed by atoms with Gasteiger partial charge in [0.15, 0.2) is 5.16 Å². The van der Waals surface area contributed by atoms with Crippen LogP contribution >= 0.6 is 11.8 Å². The van der Waals surface area contributed by atoms with Crippen molar-refractivity contribution in [3.05, 3.63) is 83.2 Å². The number of allylic oxidation sites excluding steroid dienone is 1. The summed E-state index contributed by atoms with van der Waals surface area (Å²) in [6.07, 6.45) is 1.65. The van der Waals surface area contributed by atoms with Crippen LogP contribution in [0.15, 0.2) is 77.2 Å². The molecule has 0 spiro atoms. The average Bonchev–Trinajstić information content (AvgIpc) is 3.20. The Morgan fingerprint density at radius 1 is 1.17 bits per heavy atom. The number of para-hydroxylation sites is 1. The first-order chi connectivity index (χ1) is 14.6. The fourth-order valence-electron chi connectivity index (χ4n) is 3.36. The Balaban J connectivity index is 1.61. The first kappa shape index (κ1) is 19.9. The number of benzene rings is 2. The summed E-state index contributed by atoms with van der Waals surface area (Å²) < 4.78 is 3.35. The fourth-order valence-corrected chi connectivity index (χ4v) is 4.11. The maximum absolute atomic E-state index is 12.8. The maximum Gasteiger partial charge on any atom is 0.263 e. The molecule has 4 rings (SSSR count). The number of amides is 1. The van der Waals surface area contributed by atoms with E-state index in [1.165, 1.54) is 16.3 Å². The number of hydrogen-bond donors (Lipinski definition) is 1. The van der Waals surface area contributed by atoms with Gasteiger partial charge in [-0.05, 0) is 24.6 Å². The molecule has 0 aliphatic carbocycles. The largest absolute Gasteiger partial charge is 0.349 e. The number of carbonyl (C=O) groups excluding carboxylic acids is 1. The van der Waals surface area contributed by atoms with Gasteiger partial charge in [-0.15, -0.1) is 16.8 Å². The van der Waals surface area contributed by atoms with Gasteiger partial charge >= 0.3 is 0 Å². The number of carbonyl (C=O) groups is 1. The van der Waals surface area contributed by atoms with Gasteiger partial charge in [0.05, 0.1) is 22.7 Å². The Labute approximate surface area is 177 Å². The zero-order valence-corrected chi connectivity index (χ0v) is 17.3. The van der Waals surface area contributed by atoms with Crippen molar-refractivity contribution in [2.75, 3.05) is 5.75 Å². The number of hydrogen-bond acceptors (Lipinski definition) is 5. The van der Waals surface area contributed by atoms with E-state index in [4.69, 9.17) is 0 Å². The Morgan fingerprint density at radius 3 is 2.67 bits per heavy atom.